The minimum Gasteiger partial charge on any atom is -0.495 e. The summed E-state index contributed by atoms with van der Waals surface area (Å²) in [6, 6.07) is 10.5. The number of ether oxygens (including phenoxy) is 1. The molecule has 7 nitrogen and oxygen atoms in total. The molecule has 1 saturated heterocycles. The first kappa shape index (κ1) is 23.1. The van der Waals surface area contributed by atoms with Gasteiger partial charge in [0, 0.05) is 18.3 Å². The first-order valence-electron chi connectivity index (χ1n) is 11.7. The van der Waals surface area contributed by atoms with Crippen molar-refractivity contribution in [1.29, 1.82) is 0 Å². The lowest BCUT2D eigenvalue weighted by Crippen LogP contribution is -2.52. The molecule has 0 bridgehead atoms. The van der Waals surface area contributed by atoms with E-state index in [2.05, 4.69) is 21.1 Å². The van der Waals surface area contributed by atoms with Crippen LogP contribution in [0.4, 0.5) is 4.39 Å². The fourth-order valence-electron chi connectivity index (χ4n) is 4.91. The summed E-state index contributed by atoms with van der Waals surface area (Å²) < 4.78 is 21.7. The van der Waals surface area contributed by atoms with Crippen LogP contribution in [0.15, 0.2) is 59.7 Å². The summed E-state index contributed by atoms with van der Waals surface area (Å²) in [6.45, 7) is 4.41. The van der Waals surface area contributed by atoms with E-state index in [1.807, 2.05) is 48.9 Å². The van der Waals surface area contributed by atoms with Gasteiger partial charge in [0.25, 0.3) is 0 Å². The Hall–Kier alpha value is -3.65. The van der Waals surface area contributed by atoms with Gasteiger partial charge in [-0.25, -0.2) is 9.37 Å². The highest BCUT2D eigenvalue weighted by Crippen LogP contribution is 2.35. The van der Waals surface area contributed by atoms with E-state index in [0.717, 1.165) is 53.2 Å². The van der Waals surface area contributed by atoms with Crippen molar-refractivity contribution in [2.24, 2.45) is 5.16 Å². The molecule has 5 rings (SSSR count). The number of aliphatic hydroxyl groups excluding tert-OH is 1. The Kier molecular flexibility index (Phi) is 6.30. The second-order valence-electron chi connectivity index (χ2n) is 9.07. The maximum atomic E-state index is 14.1. The van der Waals surface area contributed by atoms with Crippen LogP contribution in [-0.4, -0.2) is 51.7 Å². The van der Waals surface area contributed by atoms with Crippen LogP contribution in [0, 0.1) is 19.7 Å². The molecular formula is C27H29FN4O3. The van der Waals surface area contributed by atoms with Gasteiger partial charge in [-0.2, -0.15) is 0 Å². The molecule has 0 unspecified atom stereocenters. The van der Waals surface area contributed by atoms with E-state index in [0.29, 0.717) is 11.4 Å². The van der Waals surface area contributed by atoms with E-state index in [-0.39, 0.29) is 18.5 Å². The highest BCUT2D eigenvalue weighted by atomic mass is 19.1. The van der Waals surface area contributed by atoms with Gasteiger partial charge in [0.15, 0.2) is 11.9 Å². The van der Waals surface area contributed by atoms with Gasteiger partial charge >= 0.3 is 0 Å². The number of hydrogen-bond acceptors (Lipinski definition) is 6. The second-order valence-corrected chi connectivity index (χ2v) is 9.07. The fraction of sp³-hybridized carbons (Fsp3) is 0.333. The summed E-state index contributed by atoms with van der Waals surface area (Å²) in [6.07, 6.45) is 7.01. The van der Waals surface area contributed by atoms with Crippen molar-refractivity contribution in [3.63, 3.8) is 0 Å². The van der Waals surface area contributed by atoms with E-state index in [4.69, 9.17) is 9.57 Å². The smallest absolute Gasteiger partial charge is 0.175 e. The zero-order valence-corrected chi connectivity index (χ0v) is 20.1. The van der Waals surface area contributed by atoms with E-state index in [1.54, 1.807) is 13.4 Å². The molecule has 8 heteroatoms. The van der Waals surface area contributed by atoms with Gasteiger partial charge in [0.2, 0.25) is 0 Å². The normalized spacial score (nSPS) is 20.9. The lowest BCUT2D eigenvalue weighted by Gasteiger charge is -2.43. The fourth-order valence-corrected chi connectivity index (χ4v) is 4.91. The lowest BCUT2D eigenvalue weighted by molar-refractivity contribution is -0.0394. The van der Waals surface area contributed by atoms with Crippen molar-refractivity contribution in [3.8, 4) is 11.4 Å². The van der Waals surface area contributed by atoms with Crippen molar-refractivity contribution in [1.82, 2.24) is 14.5 Å². The second kappa shape index (κ2) is 9.54. The monoisotopic (exact) mass is 476 g/mol. The number of halogens is 1. The first-order valence-corrected chi connectivity index (χ1v) is 11.7. The predicted molar refractivity (Wildman–Crippen MR) is 132 cm³/mol. The van der Waals surface area contributed by atoms with E-state index >= 15 is 0 Å². The molecule has 2 aliphatic heterocycles. The number of aliphatic hydroxyl groups is 1. The number of imidazole rings is 1. The van der Waals surface area contributed by atoms with Crippen molar-refractivity contribution < 1.29 is 19.1 Å². The highest BCUT2D eigenvalue weighted by molar-refractivity contribution is 6.03. The summed E-state index contributed by atoms with van der Waals surface area (Å²) >= 11 is 0. The molecule has 2 aromatic carbocycles. The number of oxime groups is 1. The minimum absolute atomic E-state index is 0.126. The Bertz CT molecular complexity index is 1280. The molecule has 182 valence electrons. The number of methoxy groups -OCH3 is 1. The largest absolute Gasteiger partial charge is 0.495 e. The molecular weight excluding hydrogens is 447 g/mol. The molecule has 0 saturated carbocycles. The van der Waals surface area contributed by atoms with Crippen molar-refractivity contribution in [3.05, 3.63) is 82.7 Å². The van der Waals surface area contributed by atoms with Crippen LogP contribution in [0.1, 0.15) is 41.3 Å². The van der Waals surface area contributed by atoms with Crippen molar-refractivity contribution >= 4 is 11.9 Å². The van der Waals surface area contributed by atoms with Crippen LogP contribution < -0.4 is 4.74 Å². The van der Waals surface area contributed by atoms with Gasteiger partial charge in [-0.1, -0.05) is 17.3 Å². The minimum atomic E-state index is -0.546. The van der Waals surface area contributed by atoms with Gasteiger partial charge in [-0.3, -0.25) is 0 Å². The van der Waals surface area contributed by atoms with E-state index in [9.17, 15) is 9.50 Å². The maximum absolute atomic E-state index is 14.1. The average molecular weight is 477 g/mol. The maximum Gasteiger partial charge on any atom is 0.175 e. The molecule has 3 aromatic rings. The average Bonchev–Trinajstić information content (AvgIpc) is 3.28. The zero-order valence-electron chi connectivity index (χ0n) is 20.1. The van der Waals surface area contributed by atoms with Gasteiger partial charge < -0.3 is 24.1 Å². The number of nitrogens with zero attached hydrogens (tertiary/aromatic N) is 4. The summed E-state index contributed by atoms with van der Waals surface area (Å²) in [5.41, 5.74) is 5.32. The topological polar surface area (TPSA) is 72.1 Å². The van der Waals surface area contributed by atoms with Gasteiger partial charge in [0.05, 0.1) is 37.5 Å². The standard InChI is InChI=1S/C27H29FN4O3/c1-17-9-21(13-22(28)10-17)26-24(15-33)32-8-4-5-20(27(32)30-35-26)11-19-6-7-23(25(12-19)34-3)31-14-18(2)29-16-31/h6-7,9-14,16,24,26,33H,4-5,8,15H2,1-3H3/b20-11+/t24-,26+/m0/s1. The van der Waals surface area contributed by atoms with Crippen LogP contribution in [0.3, 0.4) is 0 Å². The molecule has 2 atom stereocenters. The third-order valence-electron chi connectivity index (χ3n) is 6.52. The van der Waals surface area contributed by atoms with E-state index in [1.165, 1.54) is 12.1 Å². The molecule has 1 fully saturated rings. The number of rotatable bonds is 5. The number of aryl methyl sites for hydroxylation is 2. The molecule has 0 amide bonds. The number of aromatic nitrogens is 2. The zero-order chi connectivity index (χ0) is 24.5. The first-order chi connectivity index (χ1) is 17.0. The quantitative estimate of drug-likeness (QED) is 0.585. The third kappa shape index (κ3) is 4.53. The molecule has 1 aromatic heterocycles. The van der Waals surface area contributed by atoms with Gasteiger partial charge in [0.1, 0.15) is 11.6 Å². The molecule has 35 heavy (non-hydrogen) atoms. The van der Waals surface area contributed by atoms with Crippen LogP contribution in [-0.2, 0) is 4.84 Å². The molecule has 0 aliphatic carbocycles. The Morgan fingerprint density at radius 3 is 2.80 bits per heavy atom. The third-order valence-corrected chi connectivity index (χ3v) is 6.52. The molecule has 0 radical (unpaired) electrons. The lowest BCUT2D eigenvalue weighted by atomic mass is 9.94. The van der Waals surface area contributed by atoms with E-state index < -0.39 is 6.10 Å². The van der Waals surface area contributed by atoms with Crippen molar-refractivity contribution in [2.75, 3.05) is 20.3 Å². The van der Waals surface area contributed by atoms with Gasteiger partial charge in [-0.15, -0.1) is 0 Å². The number of benzene rings is 2. The SMILES string of the molecule is COc1cc(/C=C2\CCCN3C2=NO[C@H](c2cc(C)cc(F)c2)[C@@H]3CO)ccc1-n1cnc(C)c1. The van der Waals surface area contributed by atoms with Crippen molar-refractivity contribution in [2.45, 2.75) is 38.8 Å². The molecule has 1 N–H and O–H groups in total. The van der Waals surface area contributed by atoms with Crippen LogP contribution >= 0.6 is 0 Å². The summed E-state index contributed by atoms with van der Waals surface area (Å²) in [7, 11) is 1.65. The van der Waals surface area contributed by atoms with Gasteiger partial charge in [-0.05, 0) is 73.7 Å². The summed E-state index contributed by atoms with van der Waals surface area (Å²) in [5, 5.41) is 14.7. The molecule has 3 heterocycles. The number of hydrogen-bond donors (Lipinski definition) is 1. The number of amidine groups is 1. The number of fused-ring (bicyclic) bond motifs is 1. The summed E-state index contributed by atoms with van der Waals surface area (Å²) in [5.74, 6) is 1.13. The molecule has 2 aliphatic rings. The Labute approximate surface area is 204 Å². The Morgan fingerprint density at radius 1 is 1.23 bits per heavy atom. The van der Waals surface area contributed by atoms with Crippen LogP contribution in [0.5, 0.6) is 5.75 Å². The van der Waals surface area contributed by atoms with Crippen LogP contribution in [0.25, 0.3) is 11.8 Å². The molecule has 0 spiro atoms. The number of piperidine rings is 1. The predicted octanol–water partition coefficient (Wildman–Crippen LogP) is 4.56. The Morgan fingerprint density at radius 2 is 2.09 bits per heavy atom. The Balaban J connectivity index is 1.47. The highest BCUT2D eigenvalue weighted by Gasteiger charge is 2.39. The summed E-state index contributed by atoms with van der Waals surface area (Å²) in [4.78, 5) is 12.3. The van der Waals surface area contributed by atoms with Crippen LogP contribution in [0.2, 0.25) is 0 Å².